The number of ether oxygens (including phenoxy) is 1. The Morgan fingerprint density at radius 2 is 2.12 bits per heavy atom. The second-order valence-corrected chi connectivity index (χ2v) is 5.78. The van der Waals surface area contributed by atoms with Crippen molar-refractivity contribution in [2.45, 2.75) is 31.8 Å². The number of hydrogen-bond acceptors (Lipinski definition) is 4. The van der Waals surface area contributed by atoms with E-state index in [0.29, 0.717) is 18.1 Å². The highest BCUT2D eigenvalue weighted by atomic mass is 35.5. The van der Waals surface area contributed by atoms with Crippen LogP contribution in [0.1, 0.15) is 34.7 Å². The summed E-state index contributed by atoms with van der Waals surface area (Å²) in [5.74, 6) is 1.82. The minimum Gasteiger partial charge on any atom is -0.496 e. The molecule has 1 unspecified atom stereocenters. The van der Waals surface area contributed by atoms with Crippen LogP contribution in [0.3, 0.4) is 0 Å². The van der Waals surface area contributed by atoms with E-state index in [1.807, 2.05) is 23.1 Å². The van der Waals surface area contributed by atoms with Crippen molar-refractivity contribution in [1.82, 2.24) is 4.90 Å². The minimum atomic E-state index is -0.0536. The molecule has 1 saturated heterocycles. The van der Waals surface area contributed by atoms with Gasteiger partial charge in [0.05, 0.1) is 13.7 Å². The molecule has 2 aromatic rings. The fraction of sp³-hybridized carbons (Fsp3) is 0.389. The number of nitrogens with zero attached hydrogens (tertiary/aromatic N) is 1. The number of halogens is 1. The first-order valence-corrected chi connectivity index (χ1v) is 7.94. The number of benzene rings is 1. The van der Waals surface area contributed by atoms with Gasteiger partial charge in [-0.2, -0.15) is 0 Å². The predicted octanol–water partition coefficient (Wildman–Crippen LogP) is 3.02. The molecule has 1 aliphatic rings. The molecule has 1 amide bonds. The van der Waals surface area contributed by atoms with E-state index in [2.05, 4.69) is 6.07 Å². The Hall–Kier alpha value is -1.98. The Kier molecular flexibility index (Phi) is 6.29. The van der Waals surface area contributed by atoms with Crippen molar-refractivity contribution >= 4 is 18.3 Å². The molecular weight excluding hydrogens is 328 g/mol. The second-order valence-electron chi connectivity index (χ2n) is 5.78. The molecule has 130 valence electrons. The minimum absolute atomic E-state index is 0. The van der Waals surface area contributed by atoms with Crippen LogP contribution in [0.5, 0.6) is 5.75 Å². The monoisotopic (exact) mass is 350 g/mol. The first kappa shape index (κ1) is 18.4. The average molecular weight is 351 g/mol. The number of carbonyl (C=O) groups excluding carboxylic acids is 1. The van der Waals surface area contributed by atoms with Gasteiger partial charge in [0.2, 0.25) is 0 Å². The van der Waals surface area contributed by atoms with Gasteiger partial charge in [-0.1, -0.05) is 18.2 Å². The lowest BCUT2D eigenvalue weighted by Crippen LogP contribution is -2.36. The van der Waals surface area contributed by atoms with Crippen LogP contribution in [0.4, 0.5) is 0 Å². The number of furan rings is 1. The zero-order valence-corrected chi connectivity index (χ0v) is 14.6. The Morgan fingerprint density at radius 1 is 1.33 bits per heavy atom. The van der Waals surface area contributed by atoms with Crippen LogP contribution in [0.25, 0.3) is 0 Å². The van der Waals surface area contributed by atoms with E-state index in [1.54, 1.807) is 19.2 Å². The molecule has 0 saturated carbocycles. The maximum atomic E-state index is 12.7. The highest BCUT2D eigenvalue weighted by molar-refractivity contribution is 5.92. The van der Waals surface area contributed by atoms with E-state index < -0.39 is 0 Å². The van der Waals surface area contributed by atoms with Crippen LogP contribution in [-0.4, -0.2) is 30.5 Å². The largest absolute Gasteiger partial charge is 0.496 e. The molecule has 1 aromatic heterocycles. The normalized spacial score (nSPS) is 16.8. The molecule has 0 radical (unpaired) electrons. The number of rotatable bonds is 5. The molecule has 3 rings (SSSR count). The van der Waals surface area contributed by atoms with E-state index in [1.165, 1.54) is 0 Å². The van der Waals surface area contributed by atoms with Gasteiger partial charge in [-0.25, -0.2) is 0 Å². The molecular formula is C18H23ClN2O3. The maximum Gasteiger partial charge on any atom is 0.289 e. The standard InChI is InChI=1S/C18H22N2O3.ClH/c1-22-16-7-3-2-5-13(16)11-14-6-4-10-20(14)18(21)17-9-8-15(12-19)23-17;/h2-3,5,7-9,14H,4,6,10-12,19H2,1H3;1H. The topological polar surface area (TPSA) is 68.7 Å². The third-order valence-corrected chi connectivity index (χ3v) is 4.36. The molecule has 5 nitrogen and oxygen atoms in total. The lowest BCUT2D eigenvalue weighted by atomic mass is 10.0. The SMILES string of the molecule is COc1ccccc1CC1CCCN1C(=O)c1ccc(CN)o1.Cl. The predicted molar refractivity (Wildman–Crippen MR) is 94.6 cm³/mol. The number of likely N-dealkylation sites (tertiary alicyclic amines) is 1. The van der Waals surface area contributed by atoms with Crippen molar-refractivity contribution in [3.05, 3.63) is 53.5 Å². The van der Waals surface area contributed by atoms with E-state index in [9.17, 15) is 4.79 Å². The van der Waals surface area contributed by atoms with Crippen molar-refractivity contribution in [2.75, 3.05) is 13.7 Å². The Bertz CT molecular complexity index is 686. The number of carbonyl (C=O) groups is 1. The van der Waals surface area contributed by atoms with Crippen LogP contribution in [-0.2, 0) is 13.0 Å². The summed E-state index contributed by atoms with van der Waals surface area (Å²) in [6.45, 7) is 1.06. The molecule has 1 fully saturated rings. The van der Waals surface area contributed by atoms with Gasteiger partial charge in [0, 0.05) is 12.6 Å². The molecule has 2 N–H and O–H groups in total. The van der Waals surface area contributed by atoms with Gasteiger partial charge in [0.25, 0.3) is 5.91 Å². The summed E-state index contributed by atoms with van der Waals surface area (Å²) in [7, 11) is 1.67. The first-order valence-electron chi connectivity index (χ1n) is 7.94. The van der Waals surface area contributed by atoms with Gasteiger partial charge in [-0.3, -0.25) is 4.79 Å². The van der Waals surface area contributed by atoms with Crippen LogP contribution in [0.15, 0.2) is 40.8 Å². The van der Waals surface area contributed by atoms with Gasteiger partial charge in [0.15, 0.2) is 5.76 Å². The lowest BCUT2D eigenvalue weighted by molar-refractivity contribution is 0.0702. The summed E-state index contributed by atoms with van der Waals surface area (Å²) in [5, 5.41) is 0. The van der Waals surface area contributed by atoms with E-state index >= 15 is 0 Å². The summed E-state index contributed by atoms with van der Waals surface area (Å²) in [6, 6.07) is 11.6. The van der Waals surface area contributed by atoms with Crippen LogP contribution in [0.2, 0.25) is 0 Å². The summed E-state index contributed by atoms with van der Waals surface area (Å²) in [5.41, 5.74) is 6.67. The van der Waals surface area contributed by atoms with Gasteiger partial charge >= 0.3 is 0 Å². The quantitative estimate of drug-likeness (QED) is 0.900. The third kappa shape index (κ3) is 3.74. The molecule has 0 spiro atoms. The van der Waals surface area contributed by atoms with E-state index in [4.69, 9.17) is 14.9 Å². The van der Waals surface area contributed by atoms with E-state index in [-0.39, 0.29) is 24.4 Å². The Balaban J connectivity index is 0.00000208. The lowest BCUT2D eigenvalue weighted by Gasteiger charge is -2.24. The third-order valence-electron chi connectivity index (χ3n) is 4.36. The number of nitrogens with two attached hydrogens (primary N) is 1. The van der Waals surface area contributed by atoms with Gasteiger partial charge < -0.3 is 19.8 Å². The first-order chi connectivity index (χ1) is 11.2. The van der Waals surface area contributed by atoms with Crippen molar-refractivity contribution in [3.8, 4) is 5.75 Å². The van der Waals surface area contributed by atoms with Gasteiger partial charge in [-0.05, 0) is 43.0 Å². The highest BCUT2D eigenvalue weighted by Crippen LogP contribution is 2.27. The van der Waals surface area contributed by atoms with E-state index in [0.717, 1.165) is 37.1 Å². The average Bonchev–Trinajstić information content (AvgIpc) is 3.24. The number of amides is 1. The Morgan fingerprint density at radius 3 is 2.83 bits per heavy atom. The summed E-state index contributed by atoms with van der Waals surface area (Å²) in [6.07, 6.45) is 2.80. The molecule has 1 atom stereocenters. The number of para-hydroxylation sites is 1. The van der Waals surface area contributed by atoms with Gasteiger partial charge in [-0.15, -0.1) is 12.4 Å². The summed E-state index contributed by atoms with van der Waals surface area (Å²) in [4.78, 5) is 14.6. The fourth-order valence-electron chi connectivity index (χ4n) is 3.18. The molecule has 0 bridgehead atoms. The molecule has 24 heavy (non-hydrogen) atoms. The summed E-state index contributed by atoms with van der Waals surface area (Å²) < 4.78 is 10.9. The van der Waals surface area contributed by atoms with Crippen molar-refractivity contribution in [2.24, 2.45) is 5.73 Å². The molecule has 1 aliphatic heterocycles. The molecule has 1 aromatic carbocycles. The second kappa shape index (κ2) is 8.22. The van der Waals surface area contributed by atoms with Crippen LogP contribution in [0, 0.1) is 0 Å². The zero-order chi connectivity index (χ0) is 16.2. The smallest absolute Gasteiger partial charge is 0.289 e. The van der Waals surface area contributed by atoms with Crippen molar-refractivity contribution in [1.29, 1.82) is 0 Å². The van der Waals surface area contributed by atoms with Crippen molar-refractivity contribution in [3.63, 3.8) is 0 Å². The van der Waals surface area contributed by atoms with Crippen LogP contribution >= 0.6 is 12.4 Å². The maximum absolute atomic E-state index is 12.7. The number of methoxy groups -OCH3 is 1. The highest BCUT2D eigenvalue weighted by Gasteiger charge is 2.31. The number of hydrogen-bond donors (Lipinski definition) is 1. The molecule has 0 aliphatic carbocycles. The Labute approximate surface area is 148 Å². The van der Waals surface area contributed by atoms with Crippen molar-refractivity contribution < 1.29 is 13.9 Å². The zero-order valence-electron chi connectivity index (χ0n) is 13.7. The van der Waals surface area contributed by atoms with Crippen LogP contribution < -0.4 is 10.5 Å². The fourth-order valence-corrected chi connectivity index (χ4v) is 3.18. The molecule has 6 heteroatoms. The molecule has 2 heterocycles. The summed E-state index contributed by atoms with van der Waals surface area (Å²) >= 11 is 0. The van der Waals surface area contributed by atoms with Gasteiger partial charge in [0.1, 0.15) is 11.5 Å².